The van der Waals surface area contributed by atoms with Crippen LogP contribution in [0.1, 0.15) is 41.0 Å². The zero-order valence-electron chi connectivity index (χ0n) is 27.4. The highest BCUT2D eigenvalue weighted by atomic mass is 35.5. The fourth-order valence-electron chi connectivity index (χ4n) is 3.77. The Morgan fingerprint density at radius 2 is 1.80 bits per heavy atom. The number of aliphatic hydroxyl groups is 3. The van der Waals surface area contributed by atoms with Gasteiger partial charge in [0.05, 0.1) is 40.8 Å². The Balaban J connectivity index is 0.000000894. The molecule has 0 fully saturated rings. The Kier molecular flexibility index (Phi) is 17.0. The number of methoxy groups -OCH3 is 1. The van der Waals surface area contributed by atoms with E-state index in [1.54, 1.807) is 40.0 Å². The molecule has 2 unspecified atom stereocenters. The van der Waals surface area contributed by atoms with Gasteiger partial charge in [-0.05, 0) is 69.7 Å². The topological polar surface area (TPSA) is 165 Å². The van der Waals surface area contributed by atoms with E-state index in [-0.39, 0.29) is 24.8 Å². The van der Waals surface area contributed by atoms with E-state index in [9.17, 15) is 4.79 Å². The van der Waals surface area contributed by atoms with Gasteiger partial charge in [0.1, 0.15) is 5.75 Å². The maximum Gasteiger partial charge on any atom is 0.243 e. The monoisotopic (exact) mass is 644 g/mol. The van der Waals surface area contributed by atoms with Crippen LogP contribution in [-0.4, -0.2) is 72.7 Å². The van der Waals surface area contributed by atoms with Gasteiger partial charge in [-0.1, -0.05) is 43.6 Å². The first-order valence-corrected chi connectivity index (χ1v) is 15.0. The largest absolute Gasteiger partial charge is 0.497 e. The number of ether oxygens (including phenoxy) is 1. The van der Waals surface area contributed by atoms with Gasteiger partial charge >= 0.3 is 0 Å². The van der Waals surface area contributed by atoms with Gasteiger partial charge in [-0.3, -0.25) is 4.79 Å². The number of amides is 1. The van der Waals surface area contributed by atoms with Gasteiger partial charge < -0.3 is 46.6 Å². The molecule has 0 radical (unpaired) electrons. The first kappa shape index (κ1) is 39.2. The molecule has 11 nitrogen and oxygen atoms in total. The number of benzene rings is 3. The minimum atomic E-state index is -0.990. The van der Waals surface area contributed by atoms with E-state index in [4.69, 9.17) is 42.4 Å². The van der Waals surface area contributed by atoms with Crippen LogP contribution in [0.25, 0.3) is 0 Å². The SMILES string of the molecule is CC.CC(O)CCO.CO.COc1ccc(Cl)c(NC2=Nc3ccccc3NC2N(C)c2cccc(NC(=O)C(C)(C)N)c2)c1. The smallest absolute Gasteiger partial charge is 0.243 e. The molecule has 0 saturated heterocycles. The Labute approximate surface area is 272 Å². The second kappa shape index (κ2) is 19.5. The van der Waals surface area contributed by atoms with Gasteiger partial charge in [0.15, 0.2) is 12.0 Å². The van der Waals surface area contributed by atoms with Crippen molar-refractivity contribution in [1.82, 2.24) is 0 Å². The molecule has 0 spiro atoms. The first-order valence-electron chi connectivity index (χ1n) is 14.6. The first-order chi connectivity index (χ1) is 21.4. The van der Waals surface area contributed by atoms with Gasteiger partial charge in [0.25, 0.3) is 0 Å². The molecule has 248 valence electrons. The van der Waals surface area contributed by atoms with Crippen molar-refractivity contribution in [1.29, 1.82) is 0 Å². The van der Waals surface area contributed by atoms with E-state index in [0.717, 1.165) is 24.2 Å². The van der Waals surface area contributed by atoms with E-state index in [2.05, 4.69) is 16.0 Å². The number of fused-ring (bicyclic) bond motifs is 1. The van der Waals surface area contributed by atoms with Gasteiger partial charge in [-0.2, -0.15) is 0 Å². The van der Waals surface area contributed by atoms with Gasteiger partial charge in [-0.25, -0.2) is 4.99 Å². The molecular formula is C33H49ClN6O5. The van der Waals surface area contributed by atoms with Crippen LogP contribution >= 0.6 is 11.6 Å². The summed E-state index contributed by atoms with van der Waals surface area (Å²) in [6, 6.07) is 20.8. The number of amidine groups is 1. The van der Waals surface area contributed by atoms with Crippen LogP contribution in [0.3, 0.4) is 0 Å². The van der Waals surface area contributed by atoms with Crippen molar-refractivity contribution in [2.24, 2.45) is 10.7 Å². The highest BCUT2D eigenvalue weighted by molar-refractivity contribution is 6.34. The summed E-state index contributed by atoms with van der Waals surface area (Å²) in [5.41, 5.74) is 8.85. The van der Waals surface area contributed by atoms with Crippen LogP contribution < -0.4 is 31.3 Å². The number of carbonyl (C=O) groups excluding carboxylic acids is 1. The Bertz CT molecular complexity index is 1360. The lowest BCUT2D eigenvalue weighted by Gasteiger charge is -2.36. The fourth-order valence-corrected chi connectivity index (χ4v) is 3.94. The summed E-state index contributed by atoms with van der Waals surface area (Å²) in [6.07, 6.45) is -0.223. The van der Waals surface area contributed by atoms with Crippen molar-refractivity contribution in [3.8, 4) is 5.75 Å². The van der Waals surface area contributed by atoms with Crippen LogP contribution in [0, 0.1) is 0 Å². The normalized spacial score (nSPS) is 13.7. The second-order valence-corrected chi connectivity index (χ2v) is 10.6. The van der Waals surface area contributed by atoms with Crippen LogP contribution in [0.15, 0.2) is 71.7 Å². The predicted molar refractivity (Wildman–Crippen MR) is 187 cm³/mol. The summed E-state index contributed by atoms with van der Waals surface area (Å²) >= 11 is 6.47. The average Bonchev–Trinajstić information content (AvgIpc) is 3.03. The quantitative estimate of drug-likeness (QED) is 0.169. The zero-order valence-corrected chi connectivity index (χ0v) is 28.2. The molecule has 0 aliphatic carbocycles. The molecule has 1 amide bonds. The third kappa shape index (κ3) is 12.2. The number of likely N-dealkylation sites (N-methyl/N-ethyl adjacent to an activating group) is 1. The number of nitrogens with zero attached hydrogens (tertiary/aromatic N) is 2. The van der Waals surface area contributed by atoms with Crippen LogP contribution in [0.2, 0.25) is 5.02 Å². The molecule has 1 heterocycles. The highest BCUT2D eigenvalue weighted by Gasteiger charge is 2.28. The van der Waals surface area contributed by atoms with E-state index in [1.807, 2.05) is 80.4 Å². The molecule has 3 aromatic carbocycles. The number of para-hydroxylation sites is 2. The van der Waals surface area contributed by atoms with E-state index < -0.39 is 5.54 Å². The molecule has 3 aromatic rings. The summed E-state index contributed by atoms with van der Waals surface area (Å²) < 4.78 is 5.36. The molecule has 0 saturated carbocycles. The predicted octanol–water partition coefficient (Wildman–Crippen LogP) is 5.44. The number of anilines is 4. The average molecular weight is 645 g/mol. The molecule has 2 atom stereocenters. The van der Waals surface area contributed by atoms with Gasteiger partial charge in [0.2, 0.25) is 5.91 Å². The van der Waals surface area contributed by atoms with Crippen molar-refractivity contribution in [3.05, 3.63) is 71.8 Å². The number of hydrogen-bond donors (Lipinski definition) is 7. The fraction of sp³-hybridized carbons (Fsp3) is 0.394. The Morgan fingerprint density at radius 1 is 1.13 bits per heavy atom. The molecule has 8 N–H and O–H groups in total. The summed E-state index contributed by atoms with van der Waals surface area (Å²) in [5.74, 6) is 1.07. The number of aliphatic hydroxyl groups excluding tert-OH is 3. The highest BCUT2D eigenvalue weighted by Crippen LogP contribution is 2.34. The van der Waals surface area contributed by atoms with Crippen molar-refractivity contribution >= 4 is 51.8 Å². The zero-order chi connectivity index (χ0) is 34.2. The van der Waals surface area contributed by atoms with E-state index in [0.29, 0.717) is 34.4 Å². The van der Waals surface area contributed by atoms with E-state index >= 15 is 0 Å². The summed E-state index contributed by atoms with van der Waals surface area (Å²) in [7, 11) is 4.56. The van der Waals surface area contributed by atoms with Crippen LogP contribution in [0.5, 0.6) is 5.75 Å². The summed E-state index contributed by atoms with van der Waals surface area (Å²) in [4.78, 5) is 19.3. The minimum Gasteiger partial charge on any atom is -0.497 e. The lowest BCUT2D eigenvalue weighted by atomic mass is 10.1. The lowest BCUT2D eigenvalue weighted by Crippen LogP contribution is -2.49. The van der Waals surface area contributed by atoms with Crippen molar-refractivity contribution in [2.75, 3.05) is 48.7 Å². The molecule has 4 rings (SSSR count). The minimum absolute atomic E-state index is 0.0810. The maximum atomic E-state index is 12.4. The molecule has 0 aromatic heterocycles. The number of carbonyl (C=O) groups is 1. The number of aliphatic imine (C=N–C) groups is 1. The van der Waals surface area contributed by atoms with Crippen molar-refractivity contribution < 1.29 is 24.9 Å². The number of nitrogens with one attached hydrogen (secondary N) is 3. The summed E-state index contributed by atoms with van der Waals surface area (Å²) in [5, 5.41) is 33.8. The third-order valence-corrected chi connectivity index (χ3v) is 6.49. The molecule has 1 aliphatic heterocycles. The van der Waals surface area contributed by atoms with Crippen LogP contribution in [-0.2, 0) is 4.79 Å². The van der Waals surface area contributed by atoms with Crippen LogP contribution in [0.4, 0.5) is 28.4 Å². The number of hydrogen-bond acceptors (Lipinski definition) is 10. The number of rotatable bonds is 8. The molecule has 45 heavy (non-hydrogen) atoms. The number of halogens is 1. The van der Waals surface area contributed by atoms with Crippen molar-refractivity contribution in [3.63, 3.8) is 0 Å². The third-order valence-electron chi connectivity index (χ3n) is 6.16. The van der Waals surface area contributed by atoms with E-state index in [1.165, 1.54) is 0 Å². The second-order valence-electron chi connectivity index (χ2n) is 10.2. The Morgan fingerprint density at radius 3 is 2.38 bits per heavy atom. The summed E-state index contributed by atoms with van der Waals surface area (Å²) in [6.45, 7) is 9.06. The molecule has 0 bridgehead atoms. The molecule has 1 aliphatic rings. The lowest BCUT2D eigenvalue weighted by molar-refractivity contribution is -0.120. The standard InChI is InChI=1S/C26H29ClN6O2.C4H10O2.C2H6.CH4O/c1-26(2,28)25(34)29-16-8-7-9-17(14-16)33(3)24-23(30-20-10-5-6-11-21(20)32-24)31-22-15-18(35-4)12-13-19(22)27;1-4(6)2-3-5;2*1-2/h5-15,24,32H,28H2,1-4H3,(H,29,34)(H,30,31);4-6H,2-3H2,1H3;1-2H3;2H,1H3. The van der Waals surface area contributed by atoms with Gasteiger partial charge in [-0.15, -0.1) is 0 Å². The number of nitrogens with two attached hydrogens (primary N) is 1. The van der Waals surface area contributed by atoms with Gasteiger partial charge in [0, 0.05) is 38.2 Å². The Hall–Kier alpha value is -3.87. The molecular weight excluding hydrogens is 596 g/mol. The maximum absolute atomic E-state index is 12.4. The molecule has 12 heteroatoms. The van der Waals surface area contributed by atoms with Crippen molar-refractivity contribution in [2.45, 2.75) is 58.8 Å².